The van der Waals surface area contributed by atoms with Gasteiger partial charge in [0.1, 0.15) is 10.7 Å². The summed E-state index contributed by atoms with van der Waals surface area (Å²) in [6, 6.07) is 0.672. The highest BCUT2D eigenvalue weighted by Crippen LogP contribution is 2.30. The lowest BCUT2D eigenvalue weighted by Gasteiger charge is -1.95. The molecule has 5 heteroatoms. The van der Waals surface area contributed by atoms with Gasteiger partial charge < -0.3 is 5.32 Å². The number of hydrogen-bond acceptors (Lipinski definition) is 5. The van der Waals surface area contributed by atoms with Crippen molar-refractivity contribution in [2.45, 2.75) is 18.9 Å². The van der Waals surface area contributed by atoms with Crippen LogP contribution in [-0.2, 0) is 0 Å². The second kappa shape index (κ2) is 3.33. The molecule has 72 valence electrons. The number of hydrogen-bond donors (Lipinski definition) is 1. The van der Waals surface area contributed by atoms with Crippen molar-refractivity contribution in [3.63, 3.8) is 0 Å². The van der Waals surface area contributed by atoms with Crippen molar-refractivity contribution in [1.29, 1.82) is 0 Å². The van der Waals surface area contributed by atoms with E-state index in [1.807, 2.05) is 11.6 Å². The summed E-state index contributed by atoms with van der Waals surface area (Å²) in [5.41, 5.74) is 0.994. The summed E-state index contributed by atoms with van der Waals surface area (Å²) >= 11 is 3.29. The van der Waals surface area contributed by atoms with E-state index in [4.69, 9.17) is 0 Å². The number of anilines is 1. The Hall–Kier alpha value is -0.940. The van der Waals surface area contributed by atoms with Crippen LogP contribution in [0.3, 0.4) is 0 Å². The van der Waals surface area contributed by atoms with Gasteiger partial charge in [0.05, 0.1) is 0 Å². The van der Waals surface area contributed by atoms with Crippen LogP contribution in [0.25, 0.3) is 10.7 Å². The van der Waals surface area contributed by atoms with Crippen molar-refractivity contribution in [3.05, 3.63) is 17.0 Å². The van der Waals surface area contributed by atoms with E-state index < -0.39 is 0 Å². The zero-order chi connectivity index (χ0) is 9.38. The second-order valence-corrected chi connectivity index (χ2v) is 5.05. The first-order chi connectivity index (χ1) is 6.92. The zero-order valence-electron chi connectivity index (χ0n) is 7.43. The van der Waals surface area contributed by atoms with Gasteiger partial charge >= 0.3 is 0 Å². The van der Waals surface area contributed by atoms with E-state index in [0.717, 1.165) is 15.8 Å². The summed E-state index contributed by atoms with van der Waals surface area (Å²) in [5.74, 6) is 0. The predicted octanol–water partition coefficient (Wildman–Crippen LogP) is 2.84. The molecule has 0 radical (unpaired) electrons. The molecule has 0 saturated heterocycles. The molecule has 0 atom stereocenters. The predicted molar refractivity (Wildman–Crippen MR) is 59.9 cm³/mol. The standard InChI is InChI=1S/C9H9N3S2/c1-2-6(1)11-9-12-7(5-14-9)8-10-3-4-13-8/h3-6H,1-2H2,(H,11,12). The van der Waals surface area contributed by atoms with Gasteiger partial charge in [0.25, 0.3) is 0 Å². The first kappa shape index (κ1) is 8.38. The highest BCUT2D eigenvalue weighted by molar-refractivity contribution is 7.15. The maximum absolute atomic E-state index is 4.49. The van der Waals surface area contributed by atoms with Crippen molar-refractivity contribution in [1.82, 2.24) is 9.97 Å². The minimum atomic E-state index is 0.672. The Labute approximate surface area is 89.8 Å². The first-order valence-corrected chi connectivity index (χ1v) is 6.30. The van der Waals surface area contributed by atoms with Crippen molar-refractivity contribution in [2.24, 2.45) is 0 Å². The van der Waals surface area contributed by atoms with Gasteiger partial charge in [-0.1, -0.05) is 0 Å². The first-order valence-electron chi connectivity index (χ1n) is 4.54. The molecule has 1 aliphatic carbocycles. The van der Waals surface area contributed by atoms with E-state index in [2.05, 4.69) is 20.7 Å². The summed E-state index contributed by atoms with van der Waals surface area (Å²) in [7, 11) is 0. The highest BCUT2D eigenvalue weighted by Gasteiger charge is 2.22. The van der Waals surface area contributed by atoms with Gasteiger partial charge in [0.15, 0.2) is 5.13 Å². The molecule has 14 heavy (non-hydrogen) atoms. The molecule has 0 unspecified atom stereocenters. The molecule has 1 saturated carbocycles. The molecule has 0 amide bonds. The van der Waals surface area contributed by atoms with E-state index in [0.29, 0.717) is 6.04 Å². The zero-order valence-corrected chi connectivity index (χ0v) is 9.07. The molecule has 0 bridgehead atoms. The lowest BCUT2D eigenvalue weighted by molar-refractivity contribution is 1.14. The van der Waals surface area contributed by atoms with Crippen LogP contribution in [0.5, 0.6) is 0 Å². The van der Waals surface area contributed by atoms with Crippen LogP contribution >= 0.6 is 22.7 Å². The largest absolute Gasteiger partial charge is 0.359 e. The van der Waals surface area contributed by atoms with Crippen LogP contribution in [0.15, 0.2) is 17.0 Å². The van der Waals surface area contributed by atoms with Gasteiger partial charge in [-0.3, -0.25) is 0 Å². The Kier molecular flexibility index (Phi) is 1.99. The fraction of sp³-hybridized carbons (Fsp3) is 0.333. The van der Waals surface area contributed by atoms with Gasteiger partial charge in [0, 0.05) is 23.0 Å². The molecule has 0 aromatic carbocycles. The molecule has 2 aromatic heterocycles. The molecule has 1 fully saturated rings. The third kappa shape index (κ3) is 1.65. The quantitative estimate of drug-likeness (QED) is 0.869. The average molecular weight is 223 g/mol. The molecular weight excluding hydrogens is 214 g/mol. The third-order valence-corrected chi connectivity index (χ3v) is 3.63. The molecule has 3 nitrogen and oxygen atoms in total. The van der Waals surface area contributed by atoms with Crippen LogP contribution in [0.1, 0.15) is 12.8 Å². The fourth-order valence-electron chi connectivity index (χ4n) is 1.19. The average Bonchev–Trinajstić information content (AvgIpc) is 2.71. The number of rotatable bonds is 3. The van der Waals surface area contributed by atoms with Crippen LogP contribution in [0, 0.1) is 0 Å². The van der Waals surface area contributed by atoms with Crippen LogP contribution in [-0.4, -0.2) is 16.0 Å². The Morgan fingerprint density at radius 1 is 1.36 bits per heavy atom. The Balaban J connectivity index is 1.82. The van der Waals surface area contributed by atoms with E-state index in [-0.39, 0.29) is 0 Å². The van der Waals surface area contributed by atoms with Crippen molar-refractivity contribution >= 4 is 27.8 Å². The van der Waals surface area contributed by atoms with E-state index in [1.54, 1.807) is 22.7 Å². The highest BCUT2D eigenvalue weighted by atomic mass is 32.1. The maximum atomic E-state index is 4.49. The van der Waals surface area contributed by atoms with Gasteiger partial charge in [-0.05, 0) is 12.8 Å². The molecule has 2 heterocycles. The smallest absolute Gasteiger partial charge is 0.183 e. The van der Waals surface area contributed by atoms with Crippen LogP contribution in [0.2, 0.25) is 0 Å². The summed E-state index contributed by atoms with van der Waals surface area (Å²) < 4.78 is 0. The van der Waals surface area contributed by atoms with E-state index in [9.17, 15) is 0 Å². The molecule has 3 rings (SSSR count). The lowest BCUT2D eigenvalue weighted by atomic mass is 10.5. The van der Waals surface area contributed by atoms with Crippen LogP contribution in [0.4, 0.5) is 5.13 Å². The second-order valence-electron chi connectivity index (χ2n) is 3.29. The number of nitrogens with one attached hydrogen (secondary N) is 1. The van der Waals surface area contributed by atoms with Crippen molar-refractivity contribution in [3.8, 4) is 10.7 Å². The number of thiazole rings is 2. The Morgan fingerprint density at radius 3 is 3.00 bits per heavy atom. The monoisotopic (exact) mass is 223 g/mol. The van der Waals surface area contributed by atoms with E-state index >= 15 is 0 Å². The third-order valence-electron chi connectivity index (χ3n) is 2.06. The summed E-state index contributed by atoms with van der Waals surface area (Å²) in [6.07, 6.45) is 4.38. The minimum Gasteiger partial charge on any atom is -0.359 e. The molecular formula is C9H9N3S2. The Morgan fingerprint density at radius 2 is 2.29 bits per heavy atom. The molecule has 1 aliphatic rings. The van der Waals surface area contributed by atoms with Gasteiger partial charge in [-0.2, -0.15) is 0 Å². The molecule has 0 spiro atoms. The fourth-order valence-corrected chi connectivity index (χ4v) is 2.64. The normalized spacial score (nSPS) is 15.7. The van der Waals surface area contributed by atoms with E-state index in [1.165, 1.54) is 12.8 Å². The van der Waals surface area contributed by atoms with Gasteiger partial charge in [-0.15, -0.1) is 22.7 Å². The number of aromatic nitrogens is 2. The maximum Gasteiger partial charge on any atom is 0.183 e. The summed E-state index contributed by atoms with van der Waals surface area (Å²) in [4.78, 5) is 8.72. The molecule has 1 N–H and O–H groups in total. The Bertz CT molecular complexity index is 417. The minimum absolute atomic E-state index is 0.672. The molecule has 2 aromatic rings. The van der Waals surface area contributed by atoms with Gasteiger partial charge in [0.2, 0.25) is 0 Å². The summed E-state index contributed by atoms with van der Waals surface area (Å²) in [6.45, 7) is 0. The van der Waals surface area contributed by atoms with Crippen molar-refractivity contribution in [2.75, 3.05) is 5.32 Å². The molecule has 0 aliphatic heterocycles. The van der Waals surface area contributed by atoms with Gasteiger partial charge in [-0.25, -0.2) is 9.97 Å². The topological polar surface area (TPSA) is 37.8 Å². The summed E-state index contributed by atoms with van der Waals surface area (Å²) in [5, 5.41) is 9.45. The lowest BCUT2D eigenvalue weighted by Crippen LogP contribution is -1.99. The number of nitrogens with zero attached hydrogens (tertiary/aromatic N) is 2. The van der Waals surface area contributed by atoms with Crippen molar-refractivity contribution < 1.29 is 0 Å². The SMILES string of the molecule is c1csc(-c2csc(NC3CC3)n2)n1. The van der Waals surface area contributed by atoms with Crippen LogP contribution < -0.4 is 5.32 Å².